The summed E-state index contributed by atoms with van der Waals surface area (Å²) in [5.41, 5.74) is 0.639. The predicted molar refractivity (Wildman–Crippen MR) is 80.4 cm³/mol. The molecule has 110 valence electrons. The van der Waals surface area contributed by atoms with Crippen LogP contribution >= 0.6 is 0 Å². The lowest BCUT2D eigenvalue weighted by molar-refractivity contribution is -0.0639. The Morgan fingerprint density at radius 1 is 0.947 bits per heavy atom. The van der Waals surface area contributed by atoms with E-state index in [2.05, 4.69) is 13.8 Å². The minimum Gasteiger partial charge on any atom is -0.400 e. The van der Waals surface area contributed by atoms with Gasteiger partial charge in [-0.15, -0.1) is 0 Å². The monoisotopic (exact) mass is 282 g/mol. The van der Waals surface area contributed by atoms with Crippen molar-refractivity contribution in [1.82, 2.24) is 0 Å². The number of rotatable bonds is 5. The highest BCUT2D eigenvalue weighted by atomic mass is 28.3. The lowest BCUT2D eigenvalue weighted by Crippen LogP contribution is -2.48. The van der Waals surface area contributed by atoms with Crippen LogP contribution in [0.3, 0.4) is 0 Å². The molecule has 0 saturated heterocycles. The van der Waals surface area contributed by atoms with E-state index in [0.29, 0.717) is 5.41 Å². The number of hydrogen-bond acceptors (Lipinski definition) is 2. The molecule has 4 rings (SSSR count). The van der Waals surface area contributed by atoms with Crippen LogP contribution in [0.5, 0.6) is 0 Å². The summed E-state index contributed by atoms with van der Waals surface area (Å²) in [6.45, 7) is 4.77. The van der Waals surface area contributed by atoms with Gasteiger partial charge in [0, 0.05) is 19.3 Å². The Morgan fingerprint density at radius 2 is 1.37 bits per heavy atom. The van der Waals surface area contributed by atoms with Crippen LogP contribution in [0, 0.1) is 23.2 Å². The molecule has 4 fully saturated rings. The van der Waals surface area contributed by atoms with Gasteiger partial charge in [-0.05, 0) is 68.1 Å². The Bertz CT molecular complexity index is 300. The van der Waals surface area contributed by atoms with Crippen molar-refractivity contribution in [2.45, 2.75) is 63.8 Å². The van der Waals surface area contributed by atoms with Gasteiger partial charge >= 0.3 is 9.28 Å². The van der Waals surface area contributed by atoms with Gasteiger partial charge in [-0.25, -0.2) is 0 Å². The van der Waals surface area contributed by atoms with Crippen molar-refractivity contribution >= 4 is 9.28 Å². The molecule has 0 atom stereocenters. The summed E-state index contributed by atoms with van der Waals surface area (Å²) in [5.74, 6) is 3.15. The largest absolute Gasteiger partial charge is 0.400 e. The van der Waals surface area contributed by atoms with E-state index in [1.807, 2.05) is 14.2 Å². The van der Waals surface area contributed by atoms with Crippen molar-refractivity contribution in [3.8, 4) is 0 Å². The molecule has 0 unspecified atom stereocenters. The summed E-state index contributed by atoms with van der Waals surface area (Å²) >= 11 is 0. The van der Waals surface area contributed by atoms with Gasteiger partial charge in [0.15, 0.2) is 0 Å². The van der Waals surface area contributed by atoms with Crippen LogP contribution in [0.2, 0.25) is 5.04 Å². The van der Waals surface area contributed by atoms with E-state index in [4.69, 9.17) is 8.85 Å². The Hall–Kier alpha value is 0.137. The van der Waals surface area contributed by atoms with Gasteiger partial charge in [0.25, 0.3) is 0 Å². The molecule has 0 spiro atoms. The van der Waals surface area contributed by atoms with Crippen molar-refractivity contribution in [2.75, 3.05) is 14.2 Å². The summed E-state index contributed by atoms with van der Waals surface area (Å²) in [6, 6.07) is 0. The molecule has 2 nitrogen and oxygen atoms in total. The second kappa shape index (κ2) is 4.85. The molecule has 0 aromatic heterocycles. The van der Waals surface area contributed by atoms with Crippen molar-refractivity contribution in [3.63, 3.8) is 0 Å². The van der Waals surface area contributed by atoms with Gasteiger partial charge in [0.1, 0.15) is 0 Å². The highest BCUT2D eigenvalue weighted by Gasteiger charge is 2.53. The first kappa shape index (κ1) is 14.1. The Morgan fingerprint density at radius 3 is 1.74 bits per heavy atom. The summed E-state index contributed by atoms with van der Waals surface area (Å²) < 4.78 is 11.4. The molecular weight excluding hydrogens is 252 g/mol. The molecule has 0 radical (unpaired) electrons. The first-order valence-electron chi connectivity index (χ1n) is 8.02. The Kier molecular flexibility index (Phi) is 3.60. The van der Waals surface area contributed by atoms with Gasteiger partial charge in [0.2, 0.25) is 0 Å². The maximum absolute atomic E-state index is 5.69. The standard InChI is InChI=1S/C16H30O2Si/c1-15(2,19(17-3)18-4)11-16-8-12-5-13(9-16)7-14(6-12)10-16/h12-14,19H,5-11H2,1-4H3. The van der Waals surface area contributed by atoms with Crippen LogP contribution < -0.4 is 0 Å². The zero-order valence-electron chi connectivity index (χ0n) is 13.1. The normalized spacial score (nSPS) is 41.2. The Labute approximate surface area is 120 Å². The molecular formula is C16H30O2Si. The van der Waals surface area contributed by atoms with E-state index < -0.39 is 9.28 Å². The predicted octanol–water partition coefficient (Wildman–Crippen LogP) is 3.89. The third kappa shape index (κ3) is 2.54. The molecule has 0 amide bonds. The molecule has 4 saturated carbocycles. The quantitative estimate of drug-likeness (QED) is 0.712. The van der Waals surface area contributed by atoms with Crippen LogP contribution in [-0.4, -0.2) is 23.5 Å². The fourth-order valence-electron chi connectivity index (χ4n) is 6.29. The zero-order chi connectivity index (χ0) is 13.7. The fourth-order valence-corrected chi connectivity index (χ4v) is 8.36. The van der Waals surface area contributed by atoms with Gasteiger partial charge in [-0.1, -0.05) is 13.8 Å². The molecule has 19 heavy (non-hydrogen) atoms. The molecule has 4 aliphatic rings. The van der Waals surface area contributed by atoms with Gasteiger partial charge in [-0.2, -0.15) is 0 Å². The third-order valence-corrected chi connectivity index (χ3v) is 8.40. The topological polar surface area (TPSA) is 18.5 Å². The molecule has 0 aromatic rings. The summed E-state index contributed by atoms with van der Waals surface area (Å²) in [6.07, 6.45) is 10.4. The molecule has 3 heteroatoms. The van der Waals surface area contributed by atoms with Crippen LogP contribution in [0.15, 0.2) is 0 Å². The van der Waals surface area contributed by atoms with E-state index in [1.54, 1.807) is 0 Å². The van der Waals surface area contributed by atoms with E-state index in [1.165, 1.54) is 44.9 Å². The molecule has 0 heterocycles. The minimum atomic E-state index is -1.53. The highest BCUT2D eigenvalue weighted by Crippen LogP contribution is 2.64. The van der Waals surface area contributed by atoms with Crippen molar-refractivity contribution in [3.05, 3.63) is 0 Å². The molecule has 4 bridgehead atoms. The SMILES string of the molecule is CO[SiH](OC)C(C)(C)CC12CC3CC(CC(C3)C1)C2. The zero-order valence-corrected chi connectivity index (χ0v) is 14.2. The third-order valence-electron chi connectivity index (χ3n) is 6.06. The molecule has 0 N–H and O–H groups in total. The lowest BCUT2D eigenvalue weighted by Gasteiger charge is -2.58. The highest BCUT2D eigenvalue weighted by molar-refractivity contribution is 6.48. The average Bonchev–Trinajstić information content (AvgIpc) is 2.26. The fraction of sp³-hybridized carbons (Fsp3) is 1.00. The van der Waals surface area contributed by atoms with Crippen LogP contribution in [0.25, 0.3) is 0 Å². The lowest BCUT2D eigenvalue weighted by atomic mass is 9.48. The first-order chi connectivity index (χ1) is 8.96. The van der Waals surface area contributed by atoms with Gasteiger partial charge < -0.3 is 8.85 Å². The van der Waals surface area contributed by atoms with Crippen molar-refractivity contribution in [1.29, 1.82) is 0 Å². The van der Waals surface area contributed by atoms with Crippen LogP contribution in [0.1, 0.15) is 58.8 Å². The summed E-state index contributed by atoms with van der Waals surface area (Å²) in [5, 5.41) is 0.259. The van der Waals surface area contributed by atoms with Gasteiger partial charge in [-0.3, -0.25) is 0 Å². The van der Waals surface area contributed by atoms with E-state index >= 15 is 0 Å². The molecule has 4 aliphatic carbocycles. The van der Waals surface area contributed by atoms with Crippen molar-refractivity contribution in [2.24, 2.45) is 23.2 Å². The minimum absolute atomic E-state index is 0.259. The van der Waals surface area contributed by atoms with Crippen LogP contribution in [0.4, 0.5) is 0 Å². The number of hydrogen-bond donors (Lipinski definition) is 0. The van der Waals surface area contributed by atoms with Crippen LogP contribution in [-0.2, 0) is 8.85 Å². The van der Waals surface area contributed by atoms with E-state index in [-0.39, 0.29) is 5.04 Å². The summed E-state index contributed by atoms with van der Waals surface area (Å²) in [4.78, 5) is 0. The van der Waals surface area contributed by atoms with Gasteiger partial charge in [0.05, 0.1) is 0 Å². The molecule has 0 aromatic carbocycles. The van der Waals surface area contributed by atoms with Crippen molar-refractivity contribution < 1.29 is 8.85 Å². The molecule has 0 aliphatic heterocycles. The maximum Gasteiger partial charge on any atom is 0.326 e. The first-order valence-corrected chi connectivity index (χ1v) is 9.54. The second-order valence-electron chi connectivity index (χ2n) is 8.39. The average molecular weight is 282 g/mol. The smallest absolute Gasteiger partial charge is 0.326 e. The maximum atomic E-state index is 5.69. The van der Waals surface area contributed by atoms with E-state index in [9.17, 15) is 0 Å². The Balaban J connectivity index is 1.75. The van der Waals surface area contributed by atoms with E-state index in [0.717, 1.165) is 17.8 Å². The second-order valence-corrected chi connectivity index (χ2v) is 11.6. The summed E-state index contributed by atoms with van der Waals surface area (Å²) in [7, 11) is 2.14.